The highest BCUT2D eigenvalue weighted by molar-refractivity contribution is 7.92. The number of benzene rings is 2. The number of ether oxygens (including phenoxy) is 1. The van der Waals surface area contributed by atoms with Crippen LogP contribution in [0, 0.1) is 6.92 Å². The first kappa shape index (κ1) is 19.9. The first-order valence-corrected chi connectivity index (χ1v) is 11.5. The van der Waals surface area contributed by atoms with E-state index >= 15 is 0 Å². The molecule has 2 aliphatic rings. The standard InChI is InChI=1S/C22H26N2O4S/c1-17-6-2-3-7-20(17)23-29(26,27)19-10-8-18(9-11-19)21(25)24-14-15-28-22(16-24)12-4-5-13-22/h2-3,6-11,23H,4-5,12-16H2,1H3. The molecule has 0 unspecified atom stereocenters. The number of hydrogen-bond donors (Lipinski definition) is 1. The van der Waals surface area contributed by atoms with Crippen LogP contribution in [0.2, 0.25) is 0 Å². The first-order valence-electron chi connectivity index (χ1n) is 10.0. The smallest absolute Gasteiger partial charge is 0.261 e. The number of amides is 1. The molecule has 1 amide bonds. The van der Waals surface area contributed by atoms with Gasteiger partial charge in [-0.15, -0.1) is 0 Å². The Labute approximate surface area is 171 Å². The molecule has 1 aliphatic carbocycles. The molecule has 0 aromatic heterocycles. The summed E-state index contributed by atoms with van der Waals surface area (Å²) in [6.07, 6.45) is 4.28. The Morgan fingerprint density at radius 3 is 2.45 bits per heavy atom. The lowest BCUT2D eigenvalue weighted by Gasteiger charge is -2.40. The summed E-state index contributed by atoms with van der Waals surface area (Å²) in [4.78, 5) is 14.9. The highest BCUT2D eigenvalue weighted by atomic mass is 32.2. The van der Waals surface area contributed by atoms with E-state index in [1.807, 2.05) is 24.0 Å². The molecule has 7 heteroatoms. The van der Waals surface area contributed by atoms with Crippen LogP contribution in [0.15, 0.2) is 53.4 Å². The summed E-state index contributed by atoms with van der Waals surface area (Å²) < 4.78 is 34.0. The highest BCUT2D eigenvalue weighted by Gasteiger charge is 2.40. The van der Waals surface area contributed by atoms with Gasteiger partial charge in [-0.1, -0.05) is 31.0 Å². The Hall–Kier alpha value is -2.38. The molecule has 1 N–H and O–H groups in total. The highest BCUT2D eigenvalue weighted by Crippen LogP contribution is 2.36. The number of nitrogens with zero attached hydrogens (tertiary/aromatic N) is 1. The molecule has 29 heavy (non-hydrogen) atoms. The van der Waals surface area contributed by atoms with E-state index in [2.05, 4.69) is 4.72 Å². The lowest BCUT2D eigenvalue weighted by molar-refractivity contribution is -0.0948. The number of sulfonamides is 1. The number of carbonyl (C=O) groups is 1. The summed E-state index contributed by atoms with van der Waals surface area (Å²) in [6.45, 7) is 3.58. The van der Waals surface area contributed by atoms with Crippen LogP contribution in [-0.4, -0.2) is 44.5 Å². The Balaban J connectivity index is 1.48. The fourth-order valence-electron chi connectivity index (χ4n) is 4.19. The van der Waals surface area contributed by atoms with Gasteiger partial charge in [0, 0.05) is 12.1 Å². The van der Waals surface area contributed by atoms with E-state index in [4.69, 9.17) is 4.74 Å². The molecular formula is C22H26N2O4S. The third-order valence-corrected chi connectivity index (χ3v) is 7.23. The SMILES string of the molecule is Cc1ccccc1NS(=O)(=O)c1ccc(C(=O)N2CCOC3(CCCC3)C2)cc1. The van der Waals surface area contributed by atoms with E-state index in [0.29, 0.717) is 30.9 Å². The van der Waals surface area contributed by atoms with Gasteiger partial charge in [-0.05, 0) is 55.7 Å². The predicted molar refractivity (Wildman–Crippen MR) is 111 cm³/mol. The van der Waals surface area contributed by atoms with Crippen LogP contribution in [0.3, 0.4) is 0 Å². The van der Waals surface area contributed by atoms with Gasteiger partial charge >= 0.3 is 0 Å². The summed E-state index contributed by atoms with van der Waals surface area (Å²) in [5.41, 5.74) is 1.70. The molecule has 0 radical (unpaired) electrons. The number of rotatable bonds is 4. The summed E-state index contributed by atoms with van der Waals surface area (Å²) in [6, 6.07) is 13.4. The van der Waals surface area contributed by atoms with Crippen LogP contribution in [0.5, 0.6) is 0 Å². The minimum atomic E-state index is -3.72. The average molecular weight is 415 g/mol. The van der Waals surface area contributed by atoms with Crippen molar-refractivity contribution in [1.82, 2.24) is 4.90 Å². The maximum Gasteiger partial charge on any atom is 0.261 e. The number of anilines is 1. The van der Waals surface area contributed by atoms with Crippen molar-refractivity contribution in [3.05, 3.63) is 59.7 Å². The minimum Gasteiger partial charge on any atom is -0.371 e. The molecule has 1 aliphatic heterocycles. The largest absolute Gasteiger partial charge is 0.371 e. The van der Waals surface area contributed by atoms with Crippen molar-refractivity contribution in [1.29, 1.82) is 0 Å². The predicted octanol–water partition coefficient (Wildman–Crippen LogP) is 3.58. The molecule has 4 rings (SSSR count). The van der Waals surface area contributed by atoms with Crippen LogP contribution in [0.1, 0.15) is 41.6 Å². The van der Waals surface area contributed by atoms with Gasteiger partial charge in [0.25, 0.3) is 15.9 Å². The topological polar surface area (TPSA) is 75.7 Å². The molecule has 2 aromatic rings. The van der Waals surface area contributed by atoms with Gasteiger partial charge in [0.2, 0.25) is 0 Å². The lowest BCUT2D eigenvalue weighted by Crippen LogP contribution is -2.52. The van der Waals surface area contributed by atoms with Crippen LogP contribution in [0.25, 0.3) is 0 Å². The van der Waals surface area contributed by atoms with E-state index in [9.17, 15) is 13.2 Å². The van der Waals surface area contributed by atoms with Crippen LogP contribution >= 0.6 is 0 Å². The second kappa shape index (κ2) is 7.80. The maximum atomic E-state index is 12.9. The lowest BCUT2D eigenvalue weighted by atomic mass is 9.99. The van der Waals surface area contributed by atoms with Crippen LogP contribution in [-0.2, 0) is 14.8 Å². The van der Waals surface area contributed by atoms with Gasteiger partial charge in [-0.3, -0.25) is 9.52 Å². The van der Waals surface area contributed by atoms with Crippen molar-refractivity contribution < 1.29 is 17.9 Å². The zero-order valence-electron chi connectivity index (χ0n) is 16.6. The van der Waals surface area contributed by atoms with Gasteiger partial charge in [-0.25, -0.2) is 8.42 Å². The zero-order valence-corrected chi connectivity index (χ0v) is 17.4. The van der Waals surface area contributed by atoms with Crippen molar-refractivity contribution >= 4 is 21.6 Å². The van der Waals surface area contributed by atoms with Crippen molar-refractivity contribution in [2.75, 3.05) is 24.4 Å². The van der Waals surface area contributed by atoms with Crippen molar-refractivity contribution in [2.24, 2.45) is 0 Å². The van der Waals surface area contributed by atoms with Gasteiger partial charge in [0.1, 0.15) is 0 Å². The summed E-state index contributed by atoms with van der Waals surface area (Å²) in [7, 11) is -3.72. The monoisotopic (exact) mass is 414 g/mol. The molecule has 1 saturated carbocycles. The number of hydrogen-bond acceptors (Lipinski definition) is 4. The Morgan fingerprint density at radius 1 is 1.07 bits per heavy atom. The van der Waals surface area contributed by atoms with E-state index in [1.165, 1.54) is 12.1 Å². The fourth-order valence-corrected chi connectivity index (χ4v) is 5.32. The molecule has 2 aromatic carbocycles. The van der Waals surface area contributed by atoms with Crippen LogP contribution < -0.4 is 4.72 Å². The quantitative estimate of drug-likeness (QED) is 0.830. The molecule has 0 atom stereocenters. The van der Waals surface area contributed by atoms with Crippen molar-refractivity contribution in [3.63, 3.8) is 0 Å². The molecule has 6 nitrogen and oxygen atoms in total. The number of carbonyl (C=O) groups excluding carboxylic acids is 1. The van der Waals surface area contributed by atoms with E-state index in [1.54, 1.807) is 24.3 Å². The van der Waals surface area contributed by atoms with E-state index in [0.717, 1.165) is 31.2 Å². The molecule has 1 heterocycles. The summed E-state index contributed by atoms with van der Waals surface area (Å²) >= 11 is 0. The van der Waals surface area contributed by atoms with Gasteiger partial charge in [-0.2, -0.15) is 0 Å². The van der Waals surface area contributed by atoms with Crippen molar-refractivity contribution in [3.8, 4) is 0 Å². The summed E-state index contributed by atoms with van der Waals surface area (Å²) in [5, 5.41) is 0. The molecule has 0 bridgehead atoms. The second-order valence-electron chi connectivity index (χ2n) is 7.91. The molecular weight excluding hydrogens is 388 g/mol. The minimum absolute atomic E-state index is 0.0737. The van der Waals surface area contributed by atoms with E-state index < -0.39 is 10.0 Å². The van der Waals surface area contributed by atoms with Gasteiger partial charge < -0.3 is 9.64 Å². The molecule has 2 fully saturated rings. The first-order chi connectivity index (χ1) is 13.9. The number of para-hydroxylation sites is 1. The van der Waals surface area contributed by atoms with Gasteiger partial charge in [0.15, 0.2) is 0 Å². The maximum absolute atomic E-state index is 12.9. The fraction of sp³-hybridized carbons (Fsp3) is 0.409. The van der Waals surface area contributed by atoms with Crippen molar-refractivity contribution in [2.45, 2.75) is 43.1 Å². The zero-order chi connectivity index (χ0) is 20.5. The second-order valence-corrected chi connectivity index (χ2v) is 9.59. The Morgan fingerprint density at radius 2 is 1.76 bits per heavy atom. The van der Waals surface area contributed by atoms with E-state index in [-0.39, 0.29) is 16.4 Å². The number of nitrogens with one attached hydrogen (secondary N) is 1. The van der Waals surface area contributed by atoms with Crippen LogP contribution in [0.4, 0.5) is 5.69 Å². The Kier molecular flexibility index (Phi) is 5.36. The third-order valence-electron chi connectivity index (χ3n) is 5.85. The Bertz CT molecular complexity index is 996. The normalized spacial score (nSPS) is 18.7. The summed E-state index contributed by atoms with van der Waals surface area (Å²) in [5.74, 6) is -0.0737. The average Bonchev–Trinajstić information content (AvgIpc) is 3.16. The number of aryl methyl sites for hydroxylation is 1. The number of morpholine rings is 1. The molecule has 1 spiro atoms. The third kappa shape index (κ3) is 4.16. The van der Waals surface area contributed by atoms with Gasteiger partial charge in [0.05, 0.1) is 29.3 Å². The molecule has 1 saturated heterocycles. The molecule has 154 valence electrons.